The van der Waals surface area contributed by atoms with Gasteiger partial charge < -0.3 is 19.6 Å². The summed E-state index contributed by atoms with van der Waals surface area (Å²) in [7, 11) is 2.12. The highest BCUT2D eigenvalue weighted by molar-refractivity contribution is 5.89. The van der Waals surface area contributed by atoms with Crippen LogP contribution in [0.15, 0.2) is 66.7 Å². The molecular formula is C25H28N4. The molecule has 2 atom stereocenters. The number of rotatable bonds is 2. The van der Waals surface area contributed by atoms with Crippen LogP contribution in [0.3, 0.4) is 0 Å². The molecule has 0 aliphatic carbocycles. The second kappa shape index (κ2) is 6.45. The van der Waals surface area contributed by atoms with E-state index in [0.29, 0.717) is 0 Å². The lowest BCUT2D eigenvalue weighted by atomic mass is 10.1. The van der Waals surface area contributed by atoms with Gasteiger partial charge in [-0.15, -0.1) is 0 Å². The molecule has 3 aromatic carbocycles. The molecule has 0 aromatic heterocycles. The number of anilines is 6. The largest absolute Gasteiger partial charge is 0.353 e. The fraction of sp³-hybridized carbons (Fsp3) is 0.280. The molecule has 2 aliphatic heterocycles. The second-order valence-electron chi connectivity index (χ2n) is 7.88. The molecule has 0 fully saturated rings. The average molecular weight is 388 g/mol. The van der Waals surface area contributed by atoms with Crippen molar-refractivity contribution in [2.75, 3.05) is 33.6 Å². The second-order valence-corrected chi connectivity index (χ2v) is 7.88. The van der Waals surface area contributed by atoms with Crippen molar-refractivity contribution in [1.82, 2.24) is 0 Å². The SMILES string of the molecule is [2H]C([2H])([2H])N1c2ccccc2N(c2cccc(N3c4ccccc4N(C)[C@@H]3C)c2C)[C@@H]1C. The number of para-hydroxylation sites is 4. The summed E-state index contributed by atoms with van der Waals surface area (Å²) in [5.41, 5.74) is 7.32. The van der Waals surface area contributed by atoms with Crippen LogP contribution in [0.25, 0.3) is 0 Å². The Labute approximate surface area is 177 Å². The molecule has 0 saturated heterocycles. The van der Waals surface area contributed by atoms with Gasteiger partial charge in [0.15, 0.2) is 0 Å². The minimum Gasteiger partial charge on any atom is -0.353 e. The van der Waals surface area contributed by atoms with Gasteiger partial charge in [0.1, 0.15) is 12.3 Å². The summed E-state index contributed by atoms with van der Waals surface area (Å²) >= 11 is 0. The van der Waals surface area contributed by atoms with E-state index in [9.17, 15) is 0 Å². The van der Waals surface area contributed by atoms with Crippen molar-refractivity contribution in [1.29, 1.82) is 0 Å². The summed E-state index contributed by atoms with van der Waals surface area (Å²) in [5.74, 6) is 0. The van der Waals surface area contributed by atoms with Gasteiger partial charge in [0.25, 0.3) is 0 Å². The predicted octanol–water partition coefficient (Wildman–Crippen LogP) is 5.86. The molecule has 2 heterocycles. The lowest BCUT2D eigenvalue weighted by Gasteiger charge is -2.33. The number of hydrogen-bond donors (Lipinski definition) is 0. The van der Waals surface area contributed by atoms with Crippen LogP contribution in [0.2, 0.25) is 0 Å². The molecule has 0 spiro atoms. The summed E-state index contributed by atoms with van der Waals surface area (Å²) in [6.07, 6.45) is -0.164. The van der Waals surface area contributed by atoms with Crippen molar-refractivity contribution in [3.05, 3.63) is 72.3 Å². The Hall–Kier alpha value is -3.14. The van der Waals surface area contributed by atoms with Gasteiger partial charge in [0.05, 0.1) is 22.7 Å². The Balaban J connectivity index is 1.65. The molecule has 0 bridgehead atoms. The minimum absolute atomic E-state index is 0.170. The zero-order valence-corrected chi connectivity index (χ0v) is 17.3. The van der Waals surface area contributed by atoms with Gasteiger partial charge in [0, 0.05) is 29.5 Å². The third-order valence-electron chi connectivity index (χ3n) is 6.40. The maximum atomic E-state index is 8.12. The highest BCUT2D eigenvalue weighted by Gasteiger charge is 2.35. The van der Waals surface area contributed by atoms with Gasteiger partial charge >= 0.3 is 0 Å². The third-order valence-corrected chi connectivity index (χ3v) is 6.40. The van der Waals surface area contributed by atoms with Crippen molar-refractivity contribution in [3.8, 4) is 0 Å². The molecule has 5 rings (SSSR count). The molecule has 29 heavy (non-hydrogen) atoms. The van der Waals surface area contributed by atoms with E-state index in [0.717, 1.165) is 28.3 Å². The van der Waals surface area contributed by atoms with Crippen molar-refractivity contribution >= 4 is 34.1 Å². The molecule has 2 aliphatic rings. The predicted molar refractivity (Wildman–Crippen MR) is 124 cm³/mol. The first-order chi connectivity index (χ1) is 15.2. The molecule has 0 N–H and O–H groups in total. The topological polar surface area (TPSA) is 13.0 Å². The number of benzene rings is 3. The van der Waals surface area contributed by atoms with Crippen LogP contribution in [0.1, 0.15) is 23.5 Å². The van der Waals surface area contributed by atoms with Crippen LogP contribution in [0.4, 0.5) is 34.1 Å². The quantitative estimate of drug-likeness (QED) is 0.546. The Morgan fingerprint density at radius 3 is 1.55 bits per heavy atom. The maximum Gasteiger partial charge on any atom is 0.103 e. The van der Waals surface area contributed by atoms with Gasteiger partial charge in [-0.3, -0.25) is 0 Å². The van der Waals surface area contributed by atoms with E-state index in [1.54, 1.807) is 0 Å². The fourth-order valence-corrected chi connectivity index (χ4v) is 4.73. The Morgan fingerprint density at radius 1 is 0.621 bits per heavy atom. The van der Waals surface area contributed by atoms with Crippen molar-refractivity contribution in [2.45, 2.75) is 33.1 Å². The molecule has 0 radical (unpaired) electrons. The number of fused-ring (bicyclic) bond motifs is 2. The van der Waals surface area contributed by atoms with Crippen molar-refractivity contribution < 1.29 is 4.11 Å². The van der Waals surface area contributed by atoms with E-state index in [4.69, 9.17) is 4.11 Å². The normalized spacial score (nSPS) is 22.3. The third kappa shape index (κ3) is 2.45. The molecule has 4 nitrogen and oxygen atoms in total. The zero-order valence-electron chi connectivity index (χ0n) is 20.3. The van der Waals surface area contributed by atoms with E-state index in [2.05, 4.69) is 78.1 Å². The first-order valence-corrected chi connectivity index (χ1v) is 10.1. The van der Waals surface area contributed by atoms with Crippen molar-refractivity contribution in [2.24, 2.45) is 0 Å². The van der Waals surface area contributed by atoms with Crippen LogP contribution in [-0.2, 0) is 0 Å². The lowest BCUT2D eigenvalue weighted by molar-refractivity contribution is 0.725. The van der Waals surface area contributed by atoms with Gasteiger partial charge in [-0.1, -0.05) is 30.3 Å². The van der Waals surface area contributed by atoms with Crippen LogP contribution < -0.4 is 19.6 Å². The highest BCUT2D eigenvalue weighted by atomic mass is 15.4. The molecule has 4 heteroatoms. The highest BCUT2D eigenvalue weighted by Crippen LogP contribution is 2.48. The molecule has 0 unspecified atom stereocenters. The molecule has 0 amide bonds. The number of hydrogen-bond acceptors (Lipinski definition) is 4. The summed E-state index contributed by atoms with van der Waals surface area (Å²) in [6.45, 7) is 4.07. The van der Waals surface area contributed by atoms with Gasteiger partial charge in [0.2, 0.25) is 0 Å². The maximum absolute atomic E-state index is 8.12. The first-order valence-electron chi connectivity index (χ1n) is 11.6. The van der Waals surface area contributed by atoms with Crippen LogP contribution >= 0.6 is 0 Å². The van der Waals surface area contributed by atoms with E-state index < -0.39 is 6.98 Å². The van der Waals surface area contributed by atoms with Crippen LogP contribution in [0, 0.1) is 6.92 Å². The average Bonchev–Trinajstić information content (AvgIpc) is 3.19. The fourth-order valence-electron chi connectivity index (χ4n) is 4.73. The van der Waals surface area contributed by atoms with E-state index >= 15 is 0 Å². The standard InChI is InChI=1S/C25H28N4/c1-17-20(28-18(2)26(4)22-11-6-8-13-24(22)28)15-10-16-21(17)29-19(3)27(5)23-12-7-9-14-25(23)29/h6-16,18-19H,1-5H3/t18-,19+/i4D3/m1/s1. The van der Waals surface area contributed by atoms with E-state index in [1.165, 1.54) is 16.3 Å². The minimum atomic E-state index is -2.22. The van der Waals surface area contributed by atoms with Crippen molar-refractivity contribution in [3.63, 3.8) is 0 Å². The van der Waals surface area contributed by atoms with Gasteiger partial charge in [-0.05, 0) is 62.7 Å². The van der Waals surface area contributed by atoms with E-state index in [1.807, 2.05) is 31.2 Å². The Kier molecular flexibility index (Phi) is 3.29. The summed E-state index contributed by atoms with van der Waals surface area (Å²) in [4.78, 5) is 8.33. The molecule has 0 saturated carbocycles. The lowest BCUT2D eigenvalue weighted by Crippen LogP contribution is -2.37. The summed E-state index contributed by atoms with van der Waals surface area (Å²) in [6, 6.07) is 22.5. The zero-order chi connectivity index (χ0) is 22.8. The Morgan fingerprint density at radius 2 is 1.03 bits per heavy atom. The summed E-state index contributed by atoms with van der Waals surface area (Å²) in [5, 5.41) is 0. The molecule has 3 aromatic rings. The monoisotopic (exact) mass is 387 g/mol. The Bertz CT molecular complexity index is 1180. The van der Waals surface area contributed by atoms with Gasteiger partial charge in [-0.2, -0.15) is 0 Å². The molecular weight excluding hydrogens is 356 g/mol. The first kappa shape index (κ1) is 14.8. The van der Waals surface area contributed by atoms with Crippen LogP contribution in [-0.4, -0.2) is 26.4 Å². The van der Waals surface area contributed by atoms with Crippen LogP contribution in [0.5, 0.6) is 0 Å². The van der Waals surface area contributed by atoms with E-state index in [-0.39, 0.29) is 12.3 Å². The smallest absolute Gasteiger partial charge is 0.103 e. The molecule has 148 valence electrons. The summed E-state index contributed by atoms with van der Waals surface area (Å²) < 4.78 is 24.4. The number of nitrogens with zero attached hydrogens (tertiary/aromatic N) is 4. The van der Waals surface area contributed by atoms with Gasteiger partial charge in [-0.25, -0.2) is 0 Å².